The number of halogens is 2. The second-order valence-electron chi connectivity index (χ2n) is 6.38. The van der Waals surface area contributed by atoms with Crippen LogP contribution >= 0.6 is 15.9 Å². The fourth-order valence-electron chi connectivity index (χ4n) is 3.13. The molecule has 0 spiro atoms. The van der Waals surface area contributed by atoms with E-state index in [1.54, 1.807) is 12.1 Å². The van der Waals surface area contributed by atoms with Crippen molar-refractivity contribution in [1.82, 2.24) is 5.32 Å². The van der Waals surface area contributed by atoms with E-state index in [-0.39, 0.29) is 5.82 Å². The minimum atomic E-state index is -0.222. The lowest BCUT2D eigenvalue weighted by Gasteiger charge is -2.23. The molecule has 1 aliphatic rings. The lowest BCUT2D eigenvalue weighted by Crippen LogP contribution is -2.30. The first-order chi connectivity index (χ1) is 11.7. The summed E-state index contributed by atoms with van der Waals surface area (Å²) in [5, 5.41) is 3.66. The highest BCUT2D eigenvalue weighted by Gasteiger charge is 2.14. The molecule has 0 amide bonds. The maximum Gasteiger partial charge on any atom is 0.124 e. The van der Waals surface area contributed by atoms with Crippen molar-refractivity contribution in [3.63, 3.8) is 0 Å². The van der Waals surface area contributed by atoms with Crippen LogP contribution < -0.4 is 10.1 Å². The lowest BCUT2D eigenvalue weighted by atomic mass is 9.95. The summed E-state index contributed by atoms with van der Waals surface area (Å²) in [6.07, 6.45) is 6.54. The number of rotatable bonds is 6. The van der Waals surface area contributed by atoms with E-state index in [1.165, 1.54) is 44.2 Å². The van der Waals surface area contributed by atoms with Gasteiger partial charge in [-0.25, -0.2) is 4.39 Å². The summed E-state index contributed by atoms with van der Waals surface area (Å²) in [6, 6.07) is 13.1. The molecule has 0 radical (unpaired) electrons. The minimum absolute atomic E-state index is 0.222. The van der Waals surface area contributed by atoms with Gasteiger partial charge in [0.1, 0.15) is 18.2 Å². The molecule has 0 atom stereocenters. The normalized spacial score (nSPS) is 15.4. The molecule has 2 nitrogen and oxygen atoms in total. The number of benzene rings is 2. The van der Waals surface area contributed by atoms with Crippen LogP contribution in [0.2, 0.25) is 0 Å². The van der Waals surface area contributed by atoms with Crippen molar-refractivity contribution in [2.45, 2.75) is 51.3 Å². The van der Waals surface area contributed by atoms with Crippen LogP contribution in [0.1, 0.15) is 43.2 Å². The third-order valence-corrected chi connectivity index (χ3v) is 5.01. The van der Waals surface area contributed by atoms with E-state index >= 15 is 0 Å². The molecule has 1 fully saturated rings. The number of hydrogen-bond acceptors (Lipinski definition) is 2. The van der Waals surface area contributed by atoms with Gasteiger partial charge in [-0.1, -0.05) is 47.3 Å². The van der Waals surface area contributed by atoms with Gasteiger partial charge >= 0.3 is 0 Å². The molecule has 2 aromatic carbocycles. The van der Waals surface area contributed by atoms with Crippen LogP contribution in [0.4, 0.5) is 4.39 Å². The molecule has 4 heteroatoms. The monoisotopic (exact) mass is 391 g/mol. The molecule has 0 bridgehead atoms. The Labute approximate surface area is 151 Å². The predicted molar refractivity (Wildman–Crippen MR) is 98.6 cm³/mol. The van der Waals surface area contributed by atoms with Crippen LogP contribution in [-0.4, -0.2) is 6.04 Å². The molecule has 0 aromatic heterocycles. The highest BCUT2D eigenvalue weighted by atomic mass is 79.9. The molecule has 1 N–H and O–H groups in total. The van der Waals surface area contributed by atoms with Crippen LogP contribution in [-0.2, 0) is 13.2 Å². The largest absolute Gasteiger partial charge is 0.489 e. The van der Waals surface area contributed by atoms with Crippen LogP contribution in [0.25, 0.3) is 0 Å². The highest BCUT2D eigenvalue weighted by molar-refractivity contribution is 9.10. The molecule has 24 heavy (non-hydrogen) atoms. The zero-order valence-electron chi connectivity index (χ0n) is 13.7. The number of hydrogen-bond donors (Lipinski definition) is 1. The Morgan fingerprint density at radius 2 is 1.79 bits per heavy atom. The van der Waals surface area contributed by atoms with E-state index in [0.717, 1.165) is 27.9 Å². The molecule has 0 unspecified atom stereocenters. The standard InChI is InChI=1S/C20H23BrFNO/c21-17-8-11-20(24-14-15-6-9-18(22)10-7-15)16(12-17)13-23-19-4-2-1-3-5-19/h6-12,19,23H,1-5,13-14H2. The van der Waals surface area contributed by atoms with Gasteiger partial charge in [0, 0.05) is 22.6 Å². The van der Waals surface area contributed by atoms with Gasteiger partial charge < -0.3 is 10.1 Å². The van der Waals surface area contributed by atoms with Crippen molar-refractivity contribution < 1.29 is 9.13 Å². The van der Waals surface area contributed by atoms with E-state index in [2.05, 4.69) is 27.3 Å². The molecule has 128 valence electrons. The Bertz CT molecular complexity index is 653. The summed E-state index contributed by atoms with van der Waals surface area (Å²) >= 11 is 3.54. The Hall–Kier alpha value is -1.39. The molecule has 0 aliphatic heterocycles. The molecule has 2 aromatic rings. The zero-order chi connectivity index (χ0) is 16.8. The summed E-state index contributed by atoms with van der Waals surface area (Å²) in [5.41, 5.74) is 2.11. The fraction of sp³-hybridized carbons (Fsp3) is 0.400. The first kappa shape index (κ1) is 17.4. The van der Waals surface area contributed by atoms with Crippen molar-refractivity contribution in [3.8, 4) is 5.75 Å². The second-order valence-corrected chi connectivity index (χ2v) is 7.30. The Balaban J connectivity index is 1.62. The van der Waals surface area contributed by atoms with Crippen LogP contribution in [0.3, 0.4) is 0 Å². The van der Waals surface area contributed by atoms with Crippen molar-refractivity contribution in [2.75, 3.05) is 0 Å². The van der Waals surface area contributed by atoms with E-state index in [1.807, 2.05) is 12.1 Å². The maximum atomic E-state index is 13.0. The smallest absolute Gasteiger partial charge is 0.124 e. The van der Waals surface area contributed by atoms with Gasteiger partial charge in [-0.05, 0) is 48.7 Å². The fourth-order valence-corrected chi connectivity index (χ4v) is 3.54. The molecular weight excluding hydrogens is 369 g/mol. The number of nitrogens with one attached hydrogen (secondary N) is 1. The Morgan fingerprint density at radius 1 is 1.04 bits per heavy atom. The van der Waals surface area contributed by atoms with Crippen LogP contribution in [0.15, 0.2) is 46.9 Å². The SMILES string of the molecule is Fc1ccc(COc2ccc(Br)cc2CNC2CCCCC2)cc1. The molecule has 3 rings (SSSR count). The topological polar surface area (TPSA) is 21.3 Å². The summed E-state index contributed by atoms with van der Waals surface area (Å²) in [7, 11) is 0. The average molecular weight is 392 g/mol. The quantitative estimate of drug-likeness (QED) is 0.692. The summed E-state index contributed by atoms with van der Waals surface area (Å²) in [6.45, 7) is 1.25. The lowest BCUT2D eigenvalue weighted by molar-refractivity contribution is 0.299. The Morgan fingerprint density at radius 3 is 2.54 bits per heavy atom. The van der Waals surface area contributed by atoms with Gasteiger partial charge in [-0.2, -0.15) is 0 Å². The number of ether oxygens (including phenoxy) is 1. The van der Waals surface area contributed by atoms with Crippen LogP contribution in [0, 0.1) is 5.82 Å². The zero-order valence-corrected chi connectivity index (χ0v) is 15.3. The predicted octanol–water partition coefficient (Wildman–Crippen LogP) is 5.59. The third-order valence-electron chi connectivity index (χ3n) is 4.52. The van der Waals surface area contributed by atoms with Crippen molar-refractivity contribution >= 4 is 15.9 Å². The molecule has 0 saturated heterocycles. The van der Waals surface area contributed by atoms with Crippen LogP contribution in [0.5, 0.6) is 5.75 Å². The first-order valence-corrected chi connectivity index (χ1v) is 9.39. The molecule has 1 aliphatic carbocycles. The van der Waals surface area contributed by atoms with Gasteiger partial charge in [0.05, 0.1) is 0 Å². The van der Waals surface area contributed by atoms with Crippen molar-refractivity contribution in [3.05, 3.63) is 63.9 Å². The summed E-state index contributed by atoms with van der Waals surface area (Å²) in [4.78, 5) is 0. The van der Waals surface area contributed by atoms with E-state index < -0.39 is 0 Å². The maximum absolute atomic E-state index is 13.0. The van der Waals surface area contributed by atoms with Gasteiger partial charge in [0.2, 0.25) is 0 Å². The Kier molecular flexibility index (Phi) is 6.27. The van der Waals surface area contributed by atoms with Gasteiger partial charge in [0.25, 0.3) is 0 Å². The van der Waals surface area contributed by atoms with Gasteiger partial charge in [0.15, 0.2) is 0 Å². The molecule has 0 heterocycles. The van der Waals surface area contributed by atoms with Gasteiger partial charge in [-0.15, -0.1) is 0 Å². The third kappa shape index (κ3) is 5.05. The van der Waals surface area contributed by atoms with Gasteiger partial charge in [-0.3, -0.25) is 0 Å². The molecular formula is C20H23BrFNO. The summed E-state index contributed by atoms with van der Waals surface area (Å²) in [5.74, 6) is 0.658. The van der Waals surface area contributed by atoms with Crippen molar-refractivity contribution in [2.24, 2.45) is 0 Å². The summed E-state index contributed by atoms with van der Waals surface area (Å²) < 4.78 is 20.0. The van der Waals surface area contributed by atoms with E-state index in [4.69, 9.17) is 4.74 Å². The van der Waals surface area contributed by atoms with E-state index in [9.17, 15) is 4.39 Å². The second kappa shape index (κ2) is 8.63. The van der Waals surface area contributed by atoms with E-state index in [0.29, 0.717) is 12.6 Å². The average Bonchev–Trinajstić information content (AvgIpc) is 2.61. The van der Waals surface area contributed by atoms with Crippen molar-refractivity contribution in [1.29, 1.82) is 0 Å². The molecule has 1 saturated carbocycles. The highest BCUT2D eigenvalue weighted by Crippen LogP contribution is 2.25. The first-order valence-electron chi connectivity index (χ1n) is 8.60. The minimum Gasteiger partial charge on any atom is -0.489 e.